The Morgan fingerprint density at radius 1 is 0.952 bits per heavy atom. The summed E-state index contributed by atoms with van der Waals surface area (Å²) in [6, 6.07) is 0.192. The Labute approximate surface area is 239 Å². The standard InChI is InChI=1S/C30H30F3N7O2/c1-39(25-14(41-2)8-34-24(38-25)16-23(12-4-5-12)35-11-36-26(16)42-3)10-28-17-20-18(28)22-19(28)21(17)29(20,22)27-37-15(30(31,32)33)9-40(27)13-6-7-13/h8-9,11-13,17-22H,4-7,10H2,1-3H3. The summed E-state index contributed by atoms with van der Waals surface area (Å²) in [4.78, 5) is 25.0. The quantitative estimate of drug-likeness (QED) is 0.367. The smallest absolute Gasteiger partial charge is 0.434 e. The largest absolute Gasteiger partial charge is 0.491 e. The zero-order valence-corrected chi connectivity index (χ0v) is 23.5. The number of rotatable bonds is 9. The second-order valence-electron chi connectivity index (χ2n) is 13.6. The van der Waals surface area contributed by atoms with Gasteiger partial charge in [-0.1, -0.05) is 0 Å². The Hall–Kier alpha value is -3.44. The number of nitrogens with zero attached hydrogens (tertiary/aromatic N) is 7. The molecule has 0 atom stereocenters. The van der Waals surface area contributed by atoms with E-state index in [1.54, 1.807) is 20.4 Å². The molecule has 0 amide bonds. The third-order valence-electron chi connectivity index (χ3n) is 12.2. The van der Waals surface area contributed by atoms with Crippen molar-refractivity contribution in [3.8, 4) is 23.0 Å². The summed E-state index contributed by atoms with van der Waals surface area (Å²) in [5.41, 5.74) is 1.07. The molecule has 0 unspecified atom stereocenters. The van der Waals surface area contributed by atoms with Gasteiger partial charge in [0.2, 0.25) is 5.88 Å². The van der Waals surface area contributed by atoms with Crippen molar-refractivity contribution in [1.82, 2.24) is 29.5 Å². The van der Waals surface area contributed by atoms with Crippen LogP contribution in [0.4, 0.5) is 19.0 Å². The van der Waals surface area contributed by atoms with Crippen LogP contribution >= 0.6 is 0 Å². The van der Waals surface area contributed by atoms with E-state index in [1.807, 2.05) is 4.57 Å². The van der Waals surface area contributed by atoms with Gasteiger partial charge in [-0.25, -0.2) is 24.9 Å². The predicted molar refractivity (Wildman–Crippen MR) is 142 cm³/mol. The van der Waals surface area contributed by atoms with Crippen LogP contribution in [0.1, 0.15) is 54.9 Å². The minimum Gasteiger partial charge on any atom is -0.491 e. The van der Waals surface area contributed by atoms with E-state index in [2.05, 4.69) is 31.9 Å². The highest BCUT2D eigenvalue weighted by molar-refractivity contribution is 5.69. The molecule has 0 aliphatic heterocycles. The van der Waals surface area contributed by atoms with Gasteiger partial charge in [-0.3, -0.25) is 0 Å². The maximum atomic E-state index is 13.6. The van der Waals surface area contributed by atoms with Gasteiger partial charge in [0.05, 0.1) is 26.1 Å². The number of anilines is 1. The molecular weight excluding hydrogens is 547 g/mol. The van der Waals surface area contributed by atoms with Crippen molar-refractivity contribution >= 4 is 5.82 Å². The molecule has 12 heteroatoms. The van der Waals surface area contributed by atoms with Crippen LogP contribution in [-0.4, -0.2) is 57.3 Å². The Balaban J connectivity index is 0.947. The molecular formula is C30H30F3N7O2. The number of alkyl halides is 3. The molecule has 8 aliphatic rings. The third kappa shape index (κ3) is 2.41. The lowest BCUT2D eigenvalue weighted by Crippen LogP contribution is -3.12. The van der Waals surface area contributed by atoms with Crippen LogP contribution in [-0.2, 0) is 11.6 Å². The monoisotopic (exact) mass is 577 g/mol. The SMILES string of the molecule is COc1cnc(-c2c(OC)ncnc2C2CC2)nc1N(C)CC12C3C4C1C1C2C3C41c1nc(C(F)(F)F)cn1C1CC1. The van der Waals surface area contributed by atoms with Gasteiger partial charge < -0.3 is 18.9 Å². The highest BCUT2D eigenvalue weighted by Gasteiger charge is 3.10. The average Bonchev–Trinajstić information content (AvgIpc) is 3.94. The molecule has 11 rings (SSSR count). The molecule has 3 heterocycles. The van der Waals surface area contributed by atoms with Crippen molar-refractivity contribution in [3.05, 3.63) is 35.9 Å². The van der Waals surface area contributed by atoms with Gasteiger partial charge in [0.1, 0.15) is 17.7 Å². The molecule has 8 fully saturated rings. The second-order valence-corrected chi connectivity index (χ2v) is 13.6. The number of ether oxygens (including phenoxy) is 2. The van der Waals surface area contributed by atoms with Crippen molar-refractivity contribution in [2.45, 2.75) is 49.2 Å². The molecule has 8 aliphatic carbocycles. The van der Waals surface area contributed by atoms with Crippen LogP contribution in [0.25, 0.3) is 11.4 Å². The summed E-state index contributed by atoms with van der Waals surface area (Å²) in [5, 5.41) is 0. The number of halogens is 3. The molecule has 218 valence electrons. The molecule has 3 aromatic heterocycles. The van der Waals surface area contributed by atoms with Crippen molar-refractivity contribution < 1.29 is 22.6 Å². The number of hydrogen-bond acceptors (Lipinski definition) is 8. The first-order chi connectivity index (χ1) is 20.3. The molecule has 0 spiro atoms. The molecule has 0 saturated heterocycles. The molecule has 0 N–H and O–H groups in total. The Morgan fingerprint density at radius 2 is 1.67 bits per heavy atom. The van der Waals surface area contributed by atoms with E-state index >= 15 is 0 Å². The first-order valence-electron chi connectivity index (χ1n) is 14.9. The predicted octanol–water partition coefficient (Wildman–Crippen LogP) is 4.50. The Morgan fingerprint density at radius 3 is 2.26 bits per heavy atom. The van der Waals surface area contributed by atoms with E-state index in [0.717, 1.165) is 55.1 Å². The van der Waals surface area contributed by atoms with Crippen LogP contribution in [0.2, 0.25) is 0 Å². The van der Waals surface area contributed by atoms with Gasteiger partial charge in [0.15, 0.2) is 23.1 Å². The van der Waals surface area contributed by atoms with E-state index in [0.29, 0.717) is 58.9 Å². The second kappa shape index (κ2) is 7.19. The summed E-state index contributed by atoms with van der Waals surface area (Å²) in [7, 11) is 5.28. The summed E-state index contributed by atoms with van der Waals surface area (Å²) < 4.78 is 54.1. The van der Waals surface area contributed by atoms with E-state index in [1.165, 1.54) is 12.5 Å². The molecule has 0 aromatic carbocycles. The van der Waals surface area contributed by atoms with Crippen LogP contribution in [0, 0.1) is 40.9 Å². The molecule has 0 radical (unpaired) electrons. The summed E-state index contributed by atoms with van der Waals surface area (Å²) in [6.07, 6.45) is 4.19. The Kier molecular flexibility index (Phi) is 4.12. The molecule has 8 saturated carbocycles. The number of imidazole rings is 1. The maximum absolute atomic E-state index is 13.6. The van der Waals surface area contributed by atoms with Crippen molar-refractivity contribution in [3.63, 3.8) is 0 Å². The van der Waals surface area contributed by atoms with E-state index in [-0.39, 0.29) is 16.9 Å². The van der Waals surface area contributed by atoms with Gasteiger partial charge in [-0.2, -0.15) is 13.2 Å². The third-order valence-corrected chi connectivity index (χ3v) is 12.2. The van der Waals surface area contributed by atoms with Gasteiger partial charge >= 0.3 is 6.18 Å². The fraction of sp³-hybridized carbons (Fsp3) is 0.633. The lowest BCUT2D eigenvalue weighted by atomic mass is 8.92. The minimum absolute atomic E-state index is 0.102. The highest BCUT2D eigenvalue weighted by Crippen LogP contribution is 3.09. The minimum atomic E-state index is -4.40. The first-order valence-corrected chi connectivity index (χ1v) is 14.9. The van der Waals surface area contributed by atoms with Gasteiger partial charge in [0, 0.05) is 37.2 Å². The first kappa shape index (κ1) is 24.0. The molecule has 42 heavy (non-hydrogen) atoms. The summed E-state index contributed by atoms with van der Waals surface area (Å²) in [5.74, 6) is 6.54. The highest BCUT2D eigenvalue weighted by atomic mass is 19.4. The van der Waals surface area contributed by atoms with Crippen LogP contribution in [0.15, 0.2) is 18.7 Å². The number of aromatic nitrogens is 6. The maximum Gasteiger partial charge on any atom is 0.434 e. The number of hydrogen-bond donors (Lipinski definition) is 0. The average molecular weight is 578 g/mol. The van der Waals surface area contributed by atoms with Crippen molar-refractivity contribution in [2.75, 3.05) is 32.7 Å². The van der Waals surface area contributed by atoms with Crippen LogP contribution in [0.5, 0.6) is 11.6 Å². The van der Waals surface area contributed by atoms with Crippen LogP contribution in [0.3, 0.4) is 0 Å². The normalized spacial score (nSPS) is 37.5. The Bertz CT molecular complexity index is 1640. The number of methoxy groups -OCH3 is 2. The topological polar surface area (TPSA) is 91.1 Å². The van der Waals surface area contributed by atoms with Crippen molar-refractivity contribution in [1.29, 1.82) is 0 Å². The van der Waals surface area contributed by atoms with Gasteiger partial charge in [-0.15, -0.1) is 0 Å². The fourth-order valence-electron chi connectivity index (χ4n) is 10.8. The summed E-state index contributed by atoms with van der Waals surface area (Å²) >= 11 is 0. The lowest BCUT2D eigenvalue weighted by molar-refractivity contribution is -0.627. The van der Waals surface area contributed by atoms with E-state index < -0.39 is 11.9 Å². The molecule has 9 nitrogen and oxygen atoms in total. The lowest BCUT2D eigenvalue weighted by Gasteiger charge is -3.11. The van der Waals surface area contributed by atoms with Gasteiger partial charge in [0.25, 0.3) is 0 Å². The van der Waals surface area contributed by atoms with E-state index in [9.17, 15) is 13.2 Å². The fourth-order valence-corrected chi connectivity index (χ4v) is 10.8. The van der Waals surface area contributed by atoms with Crippen LogP contribution < -0.4 is 14.4 Å². The molecule has 0 bridgehead atoms. The van der Waals surface area contributed by atoms with E-state index in [4.69, 9.17) is 14.5 Å². The van der Waals surface area contributed by atoms with Gasteiger partial charge in [-0.05, 0) is 66.6 Å². The summed E-state index contributed by atoms with van der Waals surface area (Å²) in [6.45, 7) is 0.849. The molecule has 3 aromatic rings. The zero-order valence-electron chi connectivity index (χ0n) is 23.5. The van der Waals surface area contributed by atoms with Crippen molar-refractivity contribution in [2.24, 2.45) is 40.9 Å². The zero-order chi connectivity index (χ0) is 28.5.